The molecule has 0 fully saturated rings. The van der Waals surface area contributed by atoms with Gasteiger partial charge in [0.15, 0.2) is 0 Å². The second-order valence-corrected chi connectivity index (χ2v) is 5.38. The number of halogens is 1. The summed E-state index contributed by atoms with van der Waals surface area (Å²) in [5.74, 6) is -1.47. The highest BCUT2D eigenvalue weighted by Crippen LogP contribution is 2.39. The maximum atomic E-state index is 12.7. The monoisotopic (exact) mass is 301 g/mol. The number of ketones is 1. The highest BCUT2D eigenvalue weighted by molar-refractivity contribution is 6.38. The molecule has 0 radical (unpaired) electrons. The molecule has 0 saturated heterocycles. The van der Waals surface area contributed by atoms with E-state index in [1.54, 1.807) is 37.3 Å². The zero-order valence-electron chi connectivity index (χ0n) is 11.2. The Morgan fingerprint density at radius 2 is 1.76 bits per heavy atom. The average Bonchev–Trinajstić information content (AvgIpc) is 2.49. The summed E-state index contributed by atoms with van der Waals surface area (Å²) >= 11 is 6.09. The number of benzene rings is 2. The van der Waals surface area contributed by atoms with Crippen molar-refractivity contribution in [3.05, 3.63) is 64.2 Å². The van der Waals surface area contributed by atoms with Crippen LogP contribution in [0.5, 0.6) is 0 Å². The van der Waals surface area contributed by atoms with Gasteiger partial charge in [-0.1, -0.05) is 48.0 Å². The van der Waals surface area contributed by atoms with Gasteiger partial charge in [0.2, 0.25) is 11.4 Å². The van der Waals surface area contributed by atoms with Gasteiger partial charge < -0.3 is 10.4 Å². The molecule has 0 bridgehead atoms. The molecule has 1 amide bonds. The van der Waals surface area contributed by atoms with Gasteiger partial charge in [0, 0.05) is 5.56 Å². The summed E-state index contributed by atoms with van der Waals surface area (Å²) in [4.78, 5) is 25.1. The molecule has 4 nitrogen and oxygen atoms in total. The van der Waals surface area contributed by atoms with Crippen LogP contribution in [0.15, 0.2) is 42.5 Å². The Morgan fingerprint density at radius 3 is 2.43 bits per heavy atom. The third-order valence-corrected chi connectivity index (χ3v) is 3.99. The molecule has 2 aromatic carbocycles. The molecule has 2 N–H and O–H groups in total. The summed E-state index contributed by atoms with van der Waals surface area (Å²) in [5, 5.41) is 13.5. The van der Waals surface area contributed by atoms with E-state index >= 15 is 0 Å². The number of amides is 1. The summed E-state index contributed by atoms with van der Waals surface area (Å²) in [5.41, 5.74) is -0.825. The number of fused-ring (bicyclic) bond motifs is 1. The van der Waals surface area contributed by atoms with Gasteiger partial charge in [-0.05, 0) is 18.6 Å². The molecule has 1 aliphatic heterocycles. The van der Waals surface area contributed by atoms with E-state index in [0.717, 1.165) is 0 Å². The van der Waals surface area contributed by atoms with Crippen molar-refractivity contribution in [3.63, 3.8) is 0 Å². The van der Waals surface area contributed by atoms with Gasteiger partial charge in [-0.3, -0.25) is 9.59 Å². The van der Waals surface area contributed by atoms with Crippen LogP contribution in [0.4, 0.5) is 5.69 Å². The standard InChI is InChI=1S/C16H12ClNO3/c1-9-7-8-11(17)12-13(9)18-15(20)16(21,14(12)19)10-5-3-2-4-6-10/h2-8,21H,1H3,(H,18,20). The predicted molar refractivity (Wildman–Crippen MR) is 79.5 cm³/mol. The molecule has 3 rings (SSSR count). The minimum Gasteiger partial charge on any atom is -0.369 e. The van der Waals surface area contributed by atoms with Crippen LogP contribution in [-0.4, -0.2) is 16.8 Å². The second kappa shape index (κ2) is 4.69. The first-order valence-corrected chi connectivity index (χ1v) is 6.77. The van der Waals surface area contributed by atoms with Crippen LogP contribution in [0.3, 0.4) is 0 Å². The van der Waals surface area contributed by atoms with Crippen molar-refractivity contribution in [1.29, 1.82) is 0 Å². The van der Waals surface area contributed by atoms with E-state index in [-0.39, 0.29) is 16.1 Å². The first kappa shape index (κ1) is 13.8. The smallest absolute Gasteiger partial charge is 0.269 e. The maximum absolute atomic E-state index is 12.7. The molecular formula is C16H12ClNO3. The average molecular weight is 302 g/mol. The molecule has 21 heavy (non-hydrogen) atoms. The fourth-order valence-electron chi connectivity index (χ4n) is 2.49. The Balaban J connectivity index is 2.26. The third kappa shape index (κ3) is 1.87. The highest BCUT2D eigenvalue weighted by atomic mass is 35.5. The lowest BCUT2D eigenvalue weighted by Crippen LogP contribution is -2.50. The zero-order chi connectivity index (χ0) is 15.2. The van der Waals surface area contributed by atoms with Crippen molar-refractivity contribution in [2.24, 2.45) is 0 Å². The van der Waals surface area contributed by atoms with E-state index in [4.69, 9.17) is 11.6 Å². The van der Waals surface area contributed by atoms with Gasteiger partial charge in [0.1, 0.15) is 0 Å². The molecule has 0 saturated carbocycles. The van der Waals surface area contributed by atoms with Crippen molar-refractivity contribution in [2.45, 2.75) is 12.5 Å². The van der Waals surface area contributed by atoms with E-state index in [1.165, 1.54) is 12.1 Å². The number of nitrogens with one attached hydrogen (secondary N) is 1. The Hall–Kier alpha value is -2.17. The summed E-state index contributed by atoms with van der Waals surface area (Å²) < 4.78 is 0. The number of anilines is 1. The predicted octanol–water partition coefficient (Wildman–Crippen LogP) is 2.67. The number of carbonyl (C=O) groups is 2. The lowest BCUT2D eigenvalue weighted by molar-refractivity contribution is -0.130. The van der Waals surface area contributed by atoms with Crippen LogP contribution >= 0.6 is 11.6 Å². The SMILES string of the molecule is Cc1ccc(Cl)c2c1NC(=O)C(O)(c1ccccc1)C2=O. The molecule has 1 heterocycles. The first-order chi connectivity index (χ1) is 9.96. The quantitative estimate of drug-likeness (QED) is 0.796. The van der Waals surface area contributed by atoms with Crippen molar-refractivity contribution in [2.75, 3.05) is 5.32 Å². The van der Waals surface area contributed by atoms with Gasteiger partial charge in [0.05, 0.1) is 16.3 Å². The Labute approximate surface area is 126 Å². The van der Waals surface area contributed by atoms with Gasteiger partial charge in [0.25, 0.3) is 5.91 Å². The minimum absolute atomic E-state index is 0.141. The third-order valence-electron chi connectivity index (χ3n) is 3.68. The summed E-state index contributed by atoms with van der Waals surface area (Å²) in [6.45, 7) is 1.76. The van der Waals surface area contributed by atoms with Crippen LogP contribution < -0.4 is 5.32 Å². The fraction of sp³-hybridized carbons (Fsp3) is 0.125. The largest absolute Gasteiger partial charge is 0.369 e. The van der Waals surface area contributed by atoms with Crippen molar-refractivity contribution in [3.8, 4) is 0 Å². The normalized spacial score (nSPS) is 20.9. The highest BCUT2D eigenvalue weighted by Gasteiger charge is 2.50. The maximum Gasteiger partial charge on any atom is 0.269 e. The number of hydrogen-bond donors (Lipinski definition) is 2. The molecule has 0 spiro atoms. The van der Waals surface area contributed by atoms with Crippen LogP contribution in [0.2, 0.25) is 5.02 Å². The van der Waals surface area contributed by atoms with E-state index in [0.29, 0.717) is 11.3 Å². The molecule has 106 valence electrons. The topological polar surface area (TPSA) is 66.4 Å². The second-order valence-electron chi connectivity index (χ2n) is 4.97. The van der Waals surface area contributed by atoms with Gasteiger partial charge in [-0.2, -0.15) is 0 Å². The number of hydrogen-bond acceptors (Lipinski definition) is 3. The number of aryl methyl sites for hydroxylation is 1. The molecule has 1 aliphatic rings. The Bertz CT molecular complexity index is 758. The molecule has 2 aromatic rings. The van der Waals surface area contributed by atoms with Gasteiger partial charge in [-0.15, -0.1) is 0 Å². The first-order valence-electron chi connectivity index (χ1n) is 6.39. The number of carbonyl (C=O) groups excluding carboxylic acids is 2. The number of aliphatic hydroxyl groups is 1. The van der Waals surface area contributed by atoms with Crippen LogP contribution in [0.1, 0.15) is 21.5 Å². The van der Waals surface area contributed by atoms with Crippen molar-refractivity contribution < 1.29 is 14.7 Å². The van der Waals surface area contributed by atoms with E-state index in [2.05, 4.69) is 5.32 Å². The van der Waals surface area contributed by atoms with Crippen LogP contribution in [0, 0.1) is 6.92 Å². The summed E-state index contributed by atoms with van der Waals surface area (Å²) in [7, 11) is 0. The lowest BCUT2D eigenvalue weighted by Gasteiger charge is -2.32. The Morgan fingerprint density at radius 1 is 1.10 bits per heavy atom. The molecule has 0 aromatic heterocycles. The minimum atomic E-state index is -2.26. The van der Waals surface area contributed by atoms with Crippen molar-refractivity contribution >= 4 is 29.0 Å². The van der Waals surface area contributed by atoms with E-state index in [9.17, 15) is 14.7 Å². The molecular weight excluding hydrogens is 290 g/mol. The summed E-state index contributed by atoms with van der Waals surface area (Å²) in [6, 6.07) is 11.4. The summed E-state index contributed by atoms with van der Waals surface area (Å²) in [6.07, 6.45) is 0. The van der Waals surface area contributed by atoms with Crippen molar-refractivity contribution in [1.82, 2.24) is 0 Å². The molecule has 1 unspecified atom stereocenters. The zero-order valence-corrected chi connectivity index (χ0v) is 11.9. The van der Waals surface area contributed by atoms with Gasteiger partial charge in [-0.25, -0.2) is 0 Å². The molecule has 1 atom stereocenters. The Kier molecular flexibility index (Phi) is 3.08. The van der Waals surface area contributed by atoms with E-state index in [1.807, 2.05) is 0 Å². The van der Waals surface area contributed by atoms with Crippen LogP contribution in [0.25, 0.3) is 0 Å². The van der Waals surface area contributed by atoms with E-state index < -0.39 is 17.3 Å². The number of Topliss-reactive ketones (excluding diaryl/α,β-unsaturated/α-hetero) is 1. The lowest BCUT2D eigenvalue weighted by atomic mass is 9.81. The van der Waals surface area contributed by atoms with Crippen LogP contribution in [-0.2, 0) is 10.4 Å². The molecule has 0 aliphatic carbocycles. The fourth-order valence-corrected chi connectivity index (χ4v) is 2.74. The van der Waals surface area contributed by atoms with Gasteiger partial charge >= 0.3 is 0 Å². The number of rotatable bonds is 1. The molecule has 5 heteroatoms.